The minimum absolute atomic E-state index is 0.757. The zero-order chi connectivity index (χ0) is 13.1. The average Bonchev–Trinajstić information content (AvgIpc) is 2.88. The normalized spacial score (nSPS) is 10.4. The van der Waals surface area contributed by atoms with Gasteiger partial charge in [0.05, 0.1) is 11.9 Å². The highest BCUT2D eigenvalue weighted by atomic mass is 35.5. The van der Waals surface area contributed by atoms with E-state index in [1.54, 1.807) is 23.7 Å². The molecule has 0 radical (unpaired) electrons. The van der Waals surface area contributed by atoms with Crippen LogP contribution in [0.2, 0.25) is 5.02 Å². The van der Waals surface area contributed by atoms with Crippen LogP contribution in [0.15, 0.2) is 60.2 Å². The van der Waals surface area contributed by atoms with Crippen LogP contribution >= 0.6 is 22.9 Å². The molecule has 0 fully saturated rings. The predicted octanol–water partition coefficient (Wildman–Crippen LogP) is 5.21. The first-order chi connectivity index (χ1) is 9.31. The zero-order valence-corrected chi connectivity index (χ0v) is 11.6. The Morgan fingerprint density at radius 2 is 2.00 bits per heavy atom. The van der Waals surface area contributed by atoms with E-state index >= 15 is 0 Å². The van der Waals surface area contributed by atoms with Gasteiger partial charge >= 0.3 is 0 Å². The highest BCUT2D eigenvalue weighted by Gasteiger charge is 2.03. The molecule has 19 heavy (non-hydrogen) atoms. The van der Waals surface area contributed by atoms with Crippen LogP contribution in [0.25, 0.3) is 10.4 Å². The van der Waals surface area contributed by atoms with Crippen LogP contribution in [0.3, 0.4) is 0 Å². The van der Waals surface area contributed by atoms with Crippen molar-refractivity contribution in [2.75, 3.05) is 5.32 Å². The number of anilines is 2. The summed E-state index contributed by atoms with van der Waals surface area (Å²) >= 11 is 7.70. The van der Waals surface area contributed by atoms with Gasteiger partial charge in [-0.1, -0.05) is 23.7 Å². The third kappa shape index (κ3) is 2.95. The maximum absolute atomic E-state index is 6.01. The first-order valence-electron chi connectivity index (χ1n) is 5.83. The molecule has 4 heteroatoms. The molecule has 1 aromatic carbocycles. The lowest BCUT2D eigenvalue weighted by Gasteiger charge is -2.01. The second-order valence-corrected chi connectivity index (χ2v) is 5.42. The molecule has 3 rings (SSSR count). The molecular formula is C15H11ClN2S. The average molecular weight is 287 g/mol. The van der Waals surface area contributed by atoms with Crippen LogP contribution in [-0.4, -0.2) is 4.98 Å². The molecule has 2 nitrogen and oxygen atoms in total. The van der Waals surface area contributed by atoms with Crippen LogP contribution in [-0.2, 0) is 0 Å². The van der Waals surface area contributed by atoms with Crippen molar-refractivity contribution < 1.29 is 0 Å². The largest absolute Gasteiger partial charge is 0.354 e. The topological polar surface area (TPSA) is 24.9 Å². The van der Waals surface area contributed by atoms with Gasteiger partial charge in [0.25, 0.3) is 0 Å². The lowest BCUT2D eigenvalue weighted by atomic mass is 10.2. The number of benzene rings is 1. The van der Waals surface area contributed by atoms with E-state index < -0.39 is 0 Å². The first kappa shape index (κ1) is 12.2. The van der Waals surface area contributed by atoms with E-state index in [1.165, 1.54) is 4.88 Å². The van der Waals surface area contributed by atoms with Crippen LogP contribution in [0.5, 0.6) is 0 Å². The number of hydrogen-bond donors (Lipinski definition) is 1. The quantitative estimate of drug-likeness (QED) is 0.715. The number of thiophene rings is 1. The molecule has 0 atom stereocenters. The Bertz CT molecular complexity index is 679. The van der Waals surface area contributed by atoms with Gasteiger partial charge in [-0.15, -0.1) is 11.3 Å². The minimum atomic E-state index is 0.757. The second kappa shape index (κ2) is 5.43. The van der Waals surface area contributed by atoms with E-state index in [2.05, 4.69) is 27.8 Å². The molecule has 2 heterocycles. The molecule has 94 valence electrons. The summed E-state index contributed by atoms with van der Waals surface area (Å²) < 4.78 is 0. The summed E-state index contributed by atoms with van der Waals surface area (Å²) in [6.45, 7) is 0. The summed E-state index contributed by atoms with van der Waals surface area (Å²) in [5, 5.41) is 6.17. The molecule has 3 aromatic rings. The maximum atomic E-state index is 6.01. The monoisotopic (exact) mass is 286 g/mol. The van der Waals surface area contributed by atoms with Crippen molar-refractivity contribution >= 4 is 34.3 Å². The van der Waals surface area contributed by atoms with Gasteiger partial charge < -0.3 is 5.32 Å². The van der Waals surface area contributed by atoms with E-state index in [4.69, 9.17) is 11.6 Å². The maximum Gasteiger partial charge on any atom is 0.0570 e. The van der Waals surface area contributed by atoms with Crippen molar-refractivity contribution in [1.82, 2.24) is 4.98 Å². The molecule has 0 unspecified atom stereocenters. The fourth-order valence-corrected chi connectivity index (χ4v) is 2.83. The summed E-state index contributed by atoms with van der Waals surface area (Å²) in [7, 11) is 0. The zero-order valence-electron chi connectivity index (χ0n) is 10.0. The van der Waals surface area contributed by atoms with E-state index in [1.807, 2.05) is 30.3 Å². The molecule has 0 spiro atoms. The molecule has 0 saturated heterocycles. The number of nitrogens with one attached hydrogen (secondary N) is 1. The first-order valence-corrected chi connectivity index (χ1v) is 7.08. The predicted molar refractivity (Wildman–Crippen MR) is 82.3 cm³/mol. The lowest BCUT2D eigenvalue weighted by Crippen LogP contribution is -1.87. The molecule has 1 N–H and O–H groups in total. The van der Waals surface area contributed by atoms with Gasteiger partial charge in [0, 0.05) is 27.2 Å². The van der Waals surface area contributed by atoms with Crippen LogP contribution in [0.4, 0.5) is 11.4 Å². The van der Waals surface area contributed by atoms with Gasteiger partial charge in [-0.3, -0.25) is 4.98 Å². The summed E-state index contributed by atoms with van der Waals surface area (Å²) in [6.07, 6.45) is 3.56. The van der Waals surface area contributed by atoms with Gasteiger partial charge in [0.1, 0.15) is 0 Å². The van der Waals surface area contributed by atoms with Crippen molar-refractivity contribution in [1.29, 1.82) is 0 Å². The Morgan fingerprint density at radius 1 is 1.05 bits per heavy atom. The van der Waals surface area contributed by atoms with Gasteiger partial charge in [-0.2, -0.15) is 0 Å². The third-order valence-electron chi connectivity index (χ3n) is 2.66. The number of rotatable bonds is 3. The Hall–Kier alpha value is -1.84. The smallest absolute Gasteiger partial charge is 0.0570 e. The van der Waals surface area contributed by atoms with Crippen LogP contribution in [0, 0.1) is 0 Å². The molecule has 0 aliphatic carbocycles. The number of pyridine rings is 1. The SMILES string of the molecule is Clc1cccc(-c2cc(Nc3cccnc3)cs2)c1. The van der Waals surface area contributed by atoms with Crippen LogP contribution < -0.4 is 5.32 Å². The Labute approximate surface area is 120 Å². The fourth-order valence-electron chi connectivity index (χ4n) is 1.80. The number of nitrogens with zero attached hydrogens (tertiary/aromatic N) is 1. The van der Waals surface area contributed by atoms with E-state index in [9.17, 15) is 0 Å². The summed E-state index contributed by atoms with van der Waals surface area (Å²) in [5.41, 5.74) is 3.18. The summed E-state index contributed by atoms with van der Waals surface area (Å²) in [4.78, 5) is 5.27. The fraction of sp³-hybridized carbons (Fsp3) is 0. The van der Waals surface area contributed by atoms with Crippen molar-refractivity contribution in [3.8, 4) is 10.4 Å². The minimum Gasteiger partial charge on any atom is -0.354 e. The van der Waals surface area contributed by atoms with Crippen molar-refractivity contribution in [2.45, 2.75) is 0 Å². The van der Waals surface area contributed by atoms with E-state index in [-0.39, 0.29) is 0 Å². The summed E-state index contributed by atoms with van der Waals surface area (Å²) in [5.74, 6) is 0. The van der Waals surface area contributed by atoms with Crippen molar-refractivity contribution in [3.63, 3.8) is 0 Å². The van der Waals surface area contributed by atoms with E-state index in [0.29, 0.717) is 0 Å². The third-order valence-corrected chi connectivity index (χ3v) is 3.87. The lowest BCUT2D eigenvalue weighted by molar-refractivity contribution is 1.32. The van der Waals surface area contributed by atoms with Crippen LogP contribution in [0.1, 0.15) is 0 Å². The van der Waals surface area contributed by atoms with Crippen molar-refractivity contribution in [2.24, 2.45) is 0 Å². The highest BCUT2D eigenvalue weighted by molar-refractivity contribution is 7.14. The van der Waals surface area contributed by atoms with E-state index in [0.717, 1.165) is 22.0 Å². The second-order valence-electron chi connectivity index (χ2n) is 4.08. The molecule has 0 aliphatic heterocycles. The number of hydrogen-bond acceptors (Lipinski definition) is 3. The molecule has 0 bridgehead atoms. The van der Waals surface area contributed by atoms with Crippen molar-refractivity contribution in [3.05, 3.63) is 65.3 Å². The highest BCUT2D eigenvalue weighted by Crippen LogP contribution is 2.32. The Morgan fingerprint density at radius 3 is 2.79 bits per heavy atom. The molecule has 0 amide bonds. The number of aromatic nitrogens is 1. The van der Waals surface area contributed by atoms with Gasteiger partial charge in [0.2, 0.25) is 0 Å². The standard InChI is InChI=1S/C15H11ClN2S/c16-12-4-1-3-11(7-12)15-8-14(10-19-15)18-13-5-2-6-17-9-13/h1-10,18H. The van der Waals surface area contributed by atoms with Gasteiger partial charge in [0.15, 0.2) is 0 Å². The molecular weight excluding hydrogens is 276 g/mol. The van der Waals surface area contributed by atoms with Gasteiger partial charge in [-0.25, -0.2) is 0 Å². The molecule has 0 saturated carbocycles. The summed E-state index contributed by atoms with van der Waals surface area (Å²) in [6, 6.07) is 13.9. The van der Waals surface area contributed by atoms with Gasteiger partial charge in [-0.05, 0) is 35.9 Å². The molecule has 2 aromatic heterocycles. The number of halogens is 1. The Kier molecular flexibility index (Phi) is 3.49. The molecule has 0 aliphatic rings. The Balaban J connectivity index is 1.84.